The van der Waals surface area contributed by atoms with E-state index >= 15 is 0 Å². The molecule has 1 fully saturated rings. The van der Waals surface area contributed by atoms with Gasteiger partial charge in [-0.25, -0.2) is 0 Å². The summed E-state index contributed by atoms with van der Waals surface area (Å²) in [5.41, 5.74) is 1.55. The van der Waals surface area contributed by atoms with Gasteiger partial charge in [0.2, 0.25) is 0 Å². The molecule has 1 heteroatoms. The van der Waals surface area contributed by atoms with Crippen molar-refractivity contribution in [1.82, 2.24) is 0 Å². The van der Waals surface area contributed by atoms with Gasteiger partial charge < -0.3 is 5.11 Å². The van der Waals surface area contributed by atoms with Crippen LogP contribution in [0.4, 0.5) is 0 Å². The molecule has 0 radical (unpaired) electrons. The van der Waals surface area contributed by atoms with E-state index in [9.17, 15) is 5.11 Å². The van der Waals surface area contributed by atoms with Crippen LogP contribution in [0.15, 0.2) is 11.6 Å². The van der Waals surface area contributed by atoms with Gasteiger partial charge in [-0.1, -0.05) is 25.5 Å². The van der Waals surface area contributed by atoms with Gasteiger partial charge >= 0.3 is 0 Å². The first-order valence-electron chi connectivity index (χ1n) is 5.82. The third-order valence-electron chi connectivity index (χ3n) is 4.14. The monoisotopic (exact) mass is 194 g/mol. The van der Waals surface area contributed by atoms with E-state index in [0.717, 1.165) is 18.8 Å². The van der Waals surface area contributed by atoms with Crippen molar-refractivity contribution < 1.29 is 5.11 Å². The van der Waals surface area contributed by atoms with Gasteiger partial charge in [-0.2, -0.15) is 0 Å². The normalized spacial score (nSPS) is 41.4. The first-order valence-corrected chi connectivity index (χ1v) is 5.82. The summed E-state index contributed by atoms with van der Waals surface area (Å²) < 4.78 is 0. The number of aliphatic hydroxyl groups is 1. The molecule has 2 aliphatic carbocycles. The van der Waals surface area contributed by atoms with Crippen LogP contribution in [0.25, 0.3) is 0 Å². The van der Waals surface area contributed by atoms with Gasteiger partial charge in [0, 0.05) is 0 Å². The molecule has 80 valence electrons. The summed E-state index contributed by atoms with van der Waals surface area (Å²) in [5.74, 6) is 0.733. The summed E-state index contributed by atoms with van der Waals surface area (Å²) in [4.78, 5) is 0. The fourth-order valence-electron chi connectivity index (χ4n) is 3.20. The second-order valence-corrected chi connectivity index (χ2v) is 6.07. The van der Waals surface area contributed by atoms with E-state index in [4.69, 9.17) is 0 Å². The van der Waals surface area contributed by atoms with Gasteiger partial charge in [-0.15, -0.1) is 0 Å². The molecule has 1 N–H and O–H groups in total. The van der Waals surface area contributed by atoms with Gasteiger partial charge in [0.25, 0.3) is 0 Å². The van der Waals surface area contributed by atoms with Crippen molar-refractivity contribution in [2.24, 2.45) is 11.3 Å². The Morgan fingerprint density at radius 2 is 2.00 bits per heavy atom. The quantitative estimate of drug-likeness (QED) is 0.587. The zero-order chi connectivity index (χ0) is 10.4. The Hall–Kier alpha value is -0.300. The number of fused-ring (bicyclic) bond motifs is 1. The van der Waals surface area contributed by atoms with Crippen LogP contribution in [0.1, 0.15) is 52.9 Å². The highest BCUT2D eigenvalue weighted by atomic mass is 16.3. The minimum atomic E-state index is -0.435. The molecule has 0 bridgehead atoms. The first kappa shape index (κ1) is 10.2. The van der Waals surface area contributed by atoms with E-state index in [0.29, 0.717) is 5.41 Å². The number of hydrogen-bond acceptors (Lipinski definition) is 1. The molecule has 1 nitrogen and oxygen atoms in total. The summed E-state index contributed by atoms with van der Waals surface area (Å²) in [7, 11) is 0. The first-order chi connectivity index (χ1) is 6.41. The van der Waals surface area contributed by atoms with E-state index in [1.54, 1.807) is 0 Å². The summed E-state index contributed by atoms with van der Waals surface area (Å²) >= 11 is 0. The Morgan fingerprint density at radius 1 is 1.29 bits per heavy atom. The van der Waals surface area contributed by atoms with Crippen molar-refractivity contribution >= 4 is 0 Å². The van der Waals surface area contributed by atoms with E-state index < -0.39 is 5.60 Å². The third-order valence-corrected chi connectivity index (χ3v) is 4.14. The molecule has 0 aliphatic heterocycles. The molecule has 0 amide bonds. The SMILES string of the molecule is CC1(C)CCC=C2C[C@@](C)(O)CCC21. The Labute approximate surface area is 87.2 Å². The van der Waals surface area contributed by atoms with Gasteiger partial charge in [0.05, 0.1) is 5.60 Å². The minimum Gasteiger partial charge on any atom is -0.390 e. The van der Waals surface area contributed by atoms with E-state index in [-0.39, 0.29) is 0 Å². The van der Waals surface area contributed by atoms with Crippen LogP contribution in [0, 0.1) is 11.3 Å². The highest BCUT2D eigenvalue weighted by Crippen LogP contribution is 2.49. The summed E-state index contributed by atoms with van der Waals surface area (Å²) in [6.45, 7) is 6.74. The van der Waals surface area contributed by atoms with Gasteiger partial charge in [0.1, 0.15) is 0 Å². The van der Waals surface area contributed by atoms with Crippen LogP contribution in [0.2, 0.25) is 0 Å². The molecule has 1 unspecified atom stereocenters. The smallest absolute Gasteiger partial charge is 0.0657 e. The van der Waals surface area contributed by atoms with E-state index in [1.807, 2.05) is 6.92 Å². The Kier molecular flexibility index (Phi) is 2.26. The maximum Gasteiger partial charge on any atom is 0.0657 e. The minimum absolute atomic E-state index is 0.435. The summed E-state index contributed by atoms with van der Waals surface area (Å²) in [6, 6.07) is 0. The second kappa shape index (κ2) is 3.10. The van der Waals surface area contributed by atoms with Crippen LogP contribution in [-0.4, -0.2) is 10.7 Å². The molecule has 0 saturated heterocycles. The average molecular weight is 194 g/mol. The molecule has 2 rings (SSSR count). The molecule has 2 atom stereocenters. The van der Waals surface area contributed by atoms with Gasteiger partial charge in [0.15, 0.2) is 0 Å². The van der Waals surface area contributed by atoms with Crippen LogP contribution in [0.5, 0.6) is 0 Å². The molecule has 2 aliphatic rings. The van der Waals surface area contributed by atoms with Crippen LogP contribution < -0.4 is 0 Å². The Balaban J connectivity index is 2.22. The Morgan fingerprint density at radius 3 is 2.71 bits per heavy atom. The van der Waals surface area contributed by atoms with E-state index in [2.05, 4.69) is 19.9 Å². The van der Waals surface area contributed by atoms with Crippen molar-refractivity contribution in [2.45, 2.75) is 58.5 Å². The van der Waals surface area contributed by atoms with Crippen LogP contribution in [0.3, 0.4) is 0 Å². The maximum absolute atomic E-state index is 10.0. The molecule has 14 heavy (non-hydrogen) atoms. The lowest BCUT2D eigenvalue weighted by molar-refractivity contribution is 0.0106. The topological polar surface area (TPSA) is 20.2 Å². The molecule has 0 spiro atoms. The van der Waals surface area contributed by atoms with Crippen LogP contribution in [-0.2, 0) is 0 Å². The predicted molar refractivity (Wildman–Crippen MR) is 59.1 cm³/mol. The lowest BCUT2D eigenvalue weighted by atomic mass is 9.61. The summed E-state index contributed by atoms with van der Waals surface area (Å²) in [5, 5.41) is 10.0. The number of allylic oxidation sites excluding steroid dienone is 1. The lowest BCUT2D eigenvalue weighted by Crippen LogP contribution is -2.39. The molecule has 1 saturated carbocycles. The molecule has 0 aromatic heterocycles. The molecule has 0 heterocycles. The standard InChI is InChI=1S/C13H22O/c1-12(2)7-4-5-10-9-13(3,14)8-6-11(10)12/h5,11,14H,4,6-9H2,1-3H3/t11?,13-/m0/s1. The molecular formula is C13H22O. The van der Waals surface area contributed by atoms with Crippen molar-refractivity contribution in [3.8, 4) is 0 Å². The fourth-order valence-corrected chi connectivity index (χ4v) is 3.20. The van der Waals surface area contributed by atoms with Crippen molar-refractivity contribution in [2.75, 3.05) is 0 Å². The van der Waals surface area contributed by atoms with E-state index in [1.165, 1.54) is 24.8 Å². The molecule has 0 aromatic carbocycles. The van der Waals surface area contributed by atoms with Crippen molar-refractivity contribution in [3.63, 3.8) is 0 Å². The number of rotatable bonds is 0. The molecular weight excluding hydrogens is 172 g/mol. The highest BCUT2D eigenvalue weighted by Gasteiger charge is 2.41. The maximum atomic E-state index is 10.0. The van der Waals surface area contributed by atoms with Crippen molar-refractivity contribution in [1.29, 1.82) is 0 Å². The molecule has 0 aromatic rings. The zero-order valence-electron chi connectivity index (χ0n) is 9.64. The average Bonchev–Trinajstić information content (AvgIpc) is 2.00. The van der Waals surface area contributed by atoms with Crippen molar-refractivity contribution in [3.05, 3.63) is 11.6 Å². The number of hydrogen-bond donors (Lipinski definition) is 1. The zero-order valence-corrected chi connectivity index (χ0v) is 9.64. The lowest BCUT2D eigenvalue weighted by Gasteiger charge is -2.46. The Bertz CT molecular complexity index is 260. The highest BCUT2D eigenvalue weighted by molar-refractivity contribution is 5.19. The van der Waals surface area contributed by atoms with Gasteiger partial charge in [-0.05, 0) is 50.4 Å². The largest absolute Gasteiger partial charge is 0.390 e. The van der Waals surface area contributed by atoms with Crippen LogP contribution >= 0.6 is 0 Å². The second-order valence-electron chi connectivity index (χ2n) is 6.07. The van der Waals surface area contributed by atoms with Gasteiger partial charge in [-0.3, -0.25) is 0 Å². The fraction of sp³-hybridized carbons (Fsp3) is 0.846. The predicted octanol–water partition coefficient (Wildman–Crippen LogP) is 3.28. The summed E-state index contributed by atoms with van der Waals surface area (Å²) in [6.07, 6.45) is 7.94. The third kappa shape index (κ3) is 1.75.